The number of aromatic nitrogens is 2. The van der Waals surface area contributed by atoms with E-state index >= 15 is 0 Å². The largest absolute Gasteiger partial charge is 0.285 e. The molecule has 52 valence electrons. The molecular formula is C5H8Cl2N2. The van der Waals surface area contributed by atoms with E-state index in [1.807, 2.05) is 13.1 Å². The van der Waals surface area contributed by atoms with E-state index in [1.54, 1.807) is 0 Å². The van der Waals surface area contributed by atoms with Gasteiger partial charge in [-0.2, -0.15) is 5.10 Å². The van der Waals surface area contributed by atoms with Crippen molar-refractivity contribution in [2.45, 2.75) is 12.8 Å². The van der Waals surface area contributed by atoms with E-state index in [4.69, 9.17) is 11.6 Å². The van der Waals surface area contributed by atoms with Gasteiger partial charge in [0.2, 0.25) is 0 Å². The average Bonchev–Trinajstić information content (AvgIpc) is 2.14. The molecule has 0 amide bonds. The van der Waals surface area contributed by atoms with Gasteiger partial charge in [0.15, 0.2) is 0 Å². The molecule has 0 aliphatic carbocycles. The van der Waals surface area contributed by atoms with Crippen LogP contribution in [0.4, 0.5) is 0 Å². The third kappa shape index (κ3) is 1.88. The number of halogens is 2. The van der Waals surface area contributed by atoms with Crippen molar-refractivity contribution in [3.8, 4) is 0 Å². The Kier molecular flexibility index (Phi) is 3.66. The first-order chi connectivity index (χ1) is 3.84. The molecule has 0 fully saturated rings. The van der Waals surface area contributed by atoms with Crippen LogP contribution in [0, 0.1) is 6.92 Å². The quantitative estimate of drug-likeness (QED) is 0.635. The van der Waals surface area contributed by atoms with Crippen LogP contribution in [0.15, 0.2) is 6.20 Å². The third-order valence-corrected chi connectivity index (χ3v) is 1.37. The molecule has 0 spiro atoms. The van der Waals surface area contributed by atoms with Gasteiger partial charge >= 0.3 is 0 Å². The molecule has 1 N–H and O–H groups in total. The maximum atomic E-state index is 5.51. The van der Waals surface area contributed by atoms with Gasteiger partial charge in [-0.05, 0) is 6.92 Å². The summed E-state index contributed by atoms with van der Waals surface area (Å²) in [5.41, 5.74) is 2.06. The normalized spacial score (nSPS) is 8.67. The van der Waals surface area contributed by atoms with Gasteiger partial charge in [0.05, 0.1) is 11.6 Å². The molecular weight excluding hydrogens is 159 g/mol. The first-order valence-electron chi connectivity index (χ1n) is 2.40. The summed E-state index contributed by atoms with van der Waals surface area (Å²) in [7, 11) is 0. The van der Waals surface area contributed by atoms with Crippen LogP contribution in [0.5, 0.6) is 0 Å². The number of aryl methyl sites for hydroxylation is 1. The van der Waals surface area contributed by atoms with E-state index in [-0.39, 0.29) is 12.4 Å². The van der Waals surface area contributed by atoms with Crippen LogP contribution in [0.2, 0.25) is 0 Å². The maximum absolute atomic E-state index is 5.51. The summed E-state index contributed by atoms with van der Waals surface area (Å²) >= 11 is 5.51. The highest BCUT2D eigenvalue weighted by Gasteiger charge is 1.94. The molecule has 0 bridgehead atoms. The highest BCUT2D eigenvalue weighted by Crippen LogP contribution is 2.04. The van der Waals surface area contributed by atoms with E-state index in [9.17, 15) is 0 Å². The van der Waals surface area contributed by atoms with Crippen LogP contribution >= 0.6 is 24.0 Å². The van der Waals surface area contributed by atoms with Gasteiger partial charge in [0.25, 0.3) is 0 Å². The zero-order valence-electron chi connectivity index (χ0n) is 5.02. The Morgan fingerprint density at radius 2 is 2.44 bits per heavy atom. The number of aromatic amines is 1. The highest BCUT2D eigenvalue weighted by molar-refractivity contribution is 6.17. The molecule has 0 aliphatic heterocycles. The molecule has 0 aromatic carbocycles. The van der Waals surface area contributed by atoms with Crippen molar-refractivity contribution in [1.29, 1.82) is 0 Å². The number of rotatable bonds is 1. The number of hydrogen-bond donors (Lipinski definition) is 1. The van der Waals surface area contributed by atoms with Crippen molar-refractivity contribution in [1.82, 2.24) is 10.2 Å². The van der Waals surface area contributed by atoms with E-state index in [2.05, 4.69) is 10.2 Å². The molecule has 0 saturated carbocycles. The summed E-state index contributed by atoms with van der Waals surface area (Å²) in [6.45, 7) is 1.92. The number of nitrogens with zero attached hydrogens (tertiary/aromatic N) is 1. The van der Waals surface area contributed by atoms with Gasteiger partial charge < -0.3 is 0 Å². The smallest absolute Gasteiger partial charge is 0.0635 e. The Morgan fingerprint density at radius 3 is 2.67 bits per heavy atom. The van der Waals surface area contributed by atoms with E-state index < -0.39 is 0 Å². The second kappa shape index (κ2) is 3.75. The van der Waals surface area contributed by atoms with Gasteiger partial charge in [-0.15, -0.1) is 24.0 Å². The zero-order valence-corrected chi connectivity index (χ0v) is 6.59. The van der Waals surface area contributed by atoms with Gasteiger partial charge in [-0.25, -0.2) is 0 Å². The van der Waals surface area contributed by atoms with E-state index in [0.717, 1.165) is 11.3 Å². The van der Waals surface area contributed by atoms with Crippen molar-refractivity contribution in [3.05, 3.63) is 17.5 Å². The van der Waals surface area contributed by atoms with Crippen LogP contribution in [-0.2, 0) is 5.88 Å². The second-order valence-corrected chi connectivity index (χ2v) is 1.90. The first kappa shape index (κ1) is 8.79. The summed E-state index contributed by atoms with van der Waals surface area (Å²) in [6, 6.07) is 0. The molecule has 0 saturated heterocycles. The van der Waals surface area contributed by atoms with Crippen molar-refractivity contribution in [3.63, 3.8) is 0 Å². The Balaban J connectivity index is 0.000000640. The van der Waals surface area contributed by atoms with Crippen LogP contribution in [0.1, 0.15) is 11.3 Å². The SMILES string of the molecule is Cc1n[nH]cc1CCl.Cl. The maximum Gasteiger partial charge on any atom is 0.0635 e. The molecule has 9 heavy (non-hydrogen) atoms. The minimum absolute atomic E-state index is 0. The van der Waals surface area contributed by atoms with E-state index in [0.29, 0.717) is 5.88 Å². The molecule has 1 aromatic rings. The molecule has 1 rings (SSSR count). The highest BCUT2D eigenvalue weighted by atomic mass is 35.5. The fourth-order valence-corrected chi connectivity index (χ4v) is 0.789. The molecule has 0 aliphatic rings. The van der Waals surface area contributed by atoms with Gasteiger partial charge in [-0.1, -0.05) is 0 Å². The number of alkyl halides is 1. The lowest BCUT2D eigenvalue weighted by Gasteiger charge is -1.83. The van der Waals surface area contributed by atoms with Crippen molar-refractivity contribution in [2.75, 3.05) is 0 Å². The van der Waals surface area contributed by atoms with Crippen LogP contribution in [-0.4, -0.2) is 10.2 Å². The molecule has 0 unspecified atom stereocenters. The Hall–Kier alpha value is -0.210. The van der Waals surface area contributed by atoms with Crippen molar-refractivity contribution >= 4 is 24.0 Å². The van der Waals surface area contributed by atoms with Gasteiger partial charge in [0.1, 0.15) is 0 Å². The monoisotopic (exact) mass is 166 g/mol. The number of nitrogens with one attached hydrogen (secondary N) is 1. The number of hydrogen-bond acceptors (Lipinski definition) is 1. The average molecular weight is 167 g/mol. The lowest BCUT2D eigenvalue weighted by molar-refractivity contribution is 1.04. The van der Waals surface area contributed by atoms with Crippen molar-refractivity contribution in [2.24, 2.45) is 0 Å². The third-order valence-electron chi connectivity index (χ3n) is 1.08. The predicted molar refractivity (Wildman–Crippen MR) is 40.1 cm³/mol. The van der Waals surface area contributed by atoms with Crippen LogP contribution < -0.4 is 0 Å². The Bertz CT molecular complexity index is 173. The molecule has 0 radical (unpaired) electrons. The van der Waals surface area contributed by atoms with Crippen LogP contribution in [0.25, 0.3) is 0 Å². The summed E-state index contributed by atoms with van der Waals surface area (Å²) < 4.78 is 0. The summed E-state index contributed by atoms with van der Waals surface area (Å²) in [6.07, 6.45) is 1.81. The Labute approximate surface area is 65.0 Å². The fourth-order valence-electron chi connectivity index (χ4n) is 0.519. The molecule has 1 heterocycles. The summed E-state index contributed by atoms with van der Waals surface area (Å²) in [4.78, 5) is 0. The van der Waals surface area contributed by atoms with Crippen molar-refractivity contribution < 1.29 is 0 Å². The Morgan fingerprint density at radius 1 is 1.78 bits per heavy atom. The fraction of sp³-hybridized carbons (Fsp3) is 0.400. The first-order valence-corrected chi connectivity index (χ1v) is 2.93. The second-order valence-electron chi connectivity index (χ2n) is 1.63. The van der Waals surface area contributed by atoms with E-state index in [1.165, 1.54) is 0 Å². The lowest BCUT2D eigenvalue weighted by Crippen LogP contribution is -1.76. The number of H-pyrrole nitrogens is 1. The minimum atomic E-state index is 0. The summed E-state index contributed by atoms with van der Waals surface area (Å²) in [5.74, 6) is 0.544. The van der Waals surface area contributed by atoms with Gasteiger partial charge in [-0.3, -0.25) is 5.10 Å². The molecule has 4 heteroatoms. The molecule has 1 aromatic heterocycles. The minimum Gasteiger partial charge on any atom is -0.285 e. The molecule has 2 nitrogen and oxygen atoms in total. The standard InChI is InChI=1S/C5H7ClN2.ClH/c1-4-5(2-6)3-7-8-4;/h3H,2H2,1H3,(H,7,8);1H. The topological polar surface area (TPSA) is 28.7 Å². The van der Waals surface area contributed by atoms with Crippen LogP contribution in [0.3, 0.4) is 0 Å². The molecule has 0 atom stereocenters. The van der Waals surface area contributed by atoms with Gasteiger partial charge in [0, 0.05) is 11.8 Å². The zero-order chi connectivity index (χ0) is 5.98. The lowest BCUT2D eigenvalue weighted by atomic mass is 10.3. The summed E-state index contributed by atoms with van der Waals surface area (Å²) in [5, 5.41) is 6.59. The predicted octanol–water partition coefficient (Wildman–Crippen LogP) is 1.88.